The summed E-state index contributed by atoms with van der Waals surface area (Å²) >= 11 is 0. The molecule has 5 rings (SSSR count). The Kier molecular flexibility index (Phi) is 7.61. The minimum atomic E-state index is -0.525. The second kappa shape index (κ2) is 11.1. The van der Waals surface area contributed by atoms with E-state index >= 15 is 4.39 Å². The van der Waals surface area contributed by atoms with Crippen molar-refractivity contribution in [1.82, 2.24) is 19.3 Å². The van der Waals surface area contributed by atoms with Gasteiger partial charge in [-0.25, -0.2) is 14.2 Å². The van der Waals surface area contributed by atoms with E-state index in [9.17, 15) is 4.79 Å². The second-order valence-electron chi connectivity index (χ2n) is 10.4. The van der Waals surface area contributed by atoms with E-state index in [4.69, 9.17) is 9.72 Å². The van der Waals surface area contributed by atoms with Crippen LogP contribution in [-0.2, 0) is 24.5 Å². The Labute approximate surface area is 222 Å². The van der Waals surface area contributed by atoms with Gasteiger partial charge in [0.2, 0.25) is 0 Å². The van der Waals surface area contributed by atoms with Crippen LogP contribution in [0.2, 0.25) is 0 Å². The zero-order valence-electron chi connectivity index (χ0n) is 22.7. The first-order chi connectivity index (χ1) is 18.4. The first-order valence-electron chi connectivity index (χ1n) is 13.6. The van der Waals surface area contributed by atoms with E-state index in [0.717, 1.165) is 46.4 Å². The number of pyridine rings is 1. The molecular weight excluding hydrogens is 481 g/mol. The molecule has 0 unspecified atom stereocenters. The highest BCUT2D eigenvalue weighted by Gasteiger charge is 2.23. The number of anilines is 1. The maximum absolute atomic E-state index is 15.6. The van der Waals surface area contributed by atoms with Gasteiger partial charge in [-0.05, 0) is 62.3 Å². The molecule has 0 radical (unpaired) electrons. The predicted molar refractivity (Wildman–Crippen MR) is 148 cm³/mol. The lowest BCUT2D eigenvalue weighted by Gasteiger charge is -2.35. The van der Waals surface area contributed by atoms with E-state index < -0.39 is 5.82 Å². The molecular formula is C30H36FN5O2. The van der Waals surface area contributed by atoms with Crippen LogP contribution in [0.1, 0.15) is 69.8 Å². The smallest absolute Gasteiger partial charge is 0.350 e. The van der Waals surface area contributed by atoms with E-state index in [1.807, 2.05) is 37.3 Å². The number of ether oxygens (including phenoxy) is 1. The van der Waals surface area contributed by atoms with Crippen molar-refractivity contribution in [2.75, 3.05) is 11.4 Å². The van der Waals surface area contributed by atoms with Crippen molar-refractivity contribution in [2.45, 2.75) is 78.7 Å². The Balaban J connectivity index is 1.52. The summed E-state index contributed by atoms with van der Waals surface area (Å²) in [7, 11) is 0. The van der Waals surface area contributed by atoms with Crippen molar-refractivity contribution in [1.29, 1.82) is 0 Å². The van der Waals surface area contributed by atoms with Crippen LogP contribution in [0, 0.1) is 5.82 Å². The Morgan fingerprint density at radius 1 is 1.11 bits per heavy atom. The lowest BCUT2D eigenvalue weighted by molar-refractivity contribution is 0.0989. The molecule has 0 N–H and O–H groups in total. The molecule has 2 aromatic heterocycles. The largest absolute Gasteiger partial charge is 0.369 e. The number of aromatic nitrogens is 4. The van der Waals surface area contributed by atoms with Crippen LogP contribution in [0.4, 0.5) is 10.2 Å². The molecule has 1 fully saturated rings. The zero-order chi connectivity index (χ0) is 26.8. The number of hydrogen-bond acceptors (Lipinski definition) is 5. The molecule has 0 amide bonds. The standard InChI is InChI=1S/C30H36FN5O2/c1-5-34-29(19-38-18-22-12-7-6-8-13-22)33-36(30(34)37)27-15-24-23(20(2)3)16-28(32-26(24)17-25(27)31)35-14-10-9-11-21(35)4/h6-8,12-13,15-17,20-21H,5,9-11,14,18-19H2,1-4H3/t21-/m0/s1. The molecule has 1 aliphatic rings. The highest BCUT2D eigenvalue weighted by atomic mass is 19.1. The number of nitrogens with zero attached hydrogens (tertiary/aromatic N) is 5. The van der Waals surface area contributed by atoms with Crippen molar-refractivity contribution in [3.8, 4) is 5.69 Å². The molecule has 0 bridgehead atoms. The monoisotopic (exact) mass is 517 g/mol. The quantitative estimate of drug-likeness (QED) is 0.289. The summed E-state index contributed by atoms with van der Waals surface area (Å²) in [6, 6.07) is 15.5. The Morgan fingerprint density at radius 2 is 1.89 bits per heavy atom. The predicted octanol–water partition coefficient (Wildman–Crippen LogP) is 5.96. The van der Waals surface area contributed by atoms with E-state index in [2.05, 4.69) is 36.8 Å². The van der Waals surface area contributed by atoms with Gasteiger partial charge in [0.05, 0.1) is 12.1 Å². The van der Waals surface area contributed by atoms with Gasteiger partial charge in [0.25, 0.3) is 0 Å². The molecule has 1 saturated heterocycles. The van der Waals surface area contributed by atoms with Gasteiger partial charge in [-0.15, -0.1) is 5.10 Å². The number of piperidine rings is 1. The van der Waals surface area contributed by atoms with Gasteiger partial charge < -0.3 is 9.64 Å². The molecule has 1 atom stereocenters. The van der Waals surface area contributed by atoms with Crippen molar-refractivity contribution >= 4 is 16.7 Å². The molecule has 200 valence electrons. The topological polar surface area (TPSA) is 65.2 Å². The van der Waals surface area contributed by atoms with Gasteiger partial charge in [0, 0.05) is 30.6 Å². The van der Waals surface area contributed by atoms with Crippen LogP contribution in [0.3, 0.4) is 0 Å². The number of halogens is 1. The van der Waals surface area contributed by atoms with E-state index in [1.165, 1.54) is 17.1 Å². The third-order valence-electron chi connectivity index (χ3n) is 7.44. The maximum atomic E-state index is 15.6. The summed E-state index contributed by atoms with van der Waals surface area (Å²) in [6.07, 6.45) is 3.48. The van der Waals surface area contributed by atoms with Crippen LogP contribution in [0.25, 0.3) is 16.6 Å². The van der Waals surface area contributed by atoms with Crippen molar-refractivity contribution in [3.63, 3.8) is 0 Å². The molecule has 0 spiro atoms. The first-order valence-corrected chi connectivity index (χ1v) is 13.6. The molecule has 8 heteroatoms. The number of fused-ring (bicyclic) bond motifs is 1. The number of benzene rings is 2. The second-order valence-corrected chi connectivity index (χ2v) is 10.4. The van der Waals surface area contributed by atoms with Gasteiger partial charge in [0.1, 0.15) is 18.1 Å². The fourth-order valence-electron chi connectivity index (χ4n) is 5.33. The summed E-state index contributed by atoms with van der Waals surface area (Å²) in [6.45, 7) is 10.3. The van der Waals surface area contributed by atoms with Crippen LogP contribution < -0.4 is 10.6 Å². The molecule has 7 nitrogen and oxygen atoms in total. The molecule has 1 aliphatic heterocycles. The Hall–Kier alpha value is -3.52. The molecule has 0 saturated carbocycles. The van der Waals surface area contributed by atoms with Gasteiger partial charge in [-0.2, -0.15) is 4.68 Å². The first kappa shape index (κ1) is 26.1. The molecule has 38 heavy (non-hydrogen) atoms. The molecule has 0 aliphatic carbocycles. The third kappa shape index (κ3) is 5.10. The minimum Gasteiger partial charge on any atom is -0.369 e. The van der Waals surface area contributed by atoms with Gasteiger partial charge in [-0.3, -0.25) is 4.57 Å². The summed E-state index contributed by atoms with van der Waals surface area (Å²) in [5.74, 6) is 1.03. The summed E-state index contributed by atoms with van der Waals surface area (Å²) < 4.78 is 24.1. The third-order valence-corrected chi connectivity index (χ3v) is 7.44. The normalized spacial score (nSPS) is 16.1. The Morgan fingerprint density at radius 3 is 2.61 bits per heavy atom. The van der Waals surface area contributed by atoms with Gasteiger partial charge in [-0.1, -0.05) is 44.2 Å². The molecule has 3 heterocycles. The summed E-state index contributed by atoms with van der Waals surface area (Å²) in [5, 5.41) is 5.34. The van der Waals surface area contributed by atoms with Crippen molar-refractivity contribution < 1.29 is 9.13 Å². The Bertz CT molecular complexity index is 1480. The maximum Gasteiger partial charge on any atom is 0.350 e. The average molecular weight is 518 g/mol. The lowest BCUT2D eigenvalue weighted by atomic mass is 9.97. The number of rotatable bonds is 8. The average Bonchev–Trinajstić information content (AvgIpc) is 3.23. The lowest BCUT2D eigenvalue weighted by Crippen LogP contribution is -2.38. The van der Waals surface area contributed by atoms with Crippen molar-refractivity contribution in [3.05, 3.63) is 81.8 Å². The number of hydrogen-bond donors (Lipinski definition) is 0. The van der Waals surface area contributed by atoms with E-state index in [0.29, 0.717) is 30.5 Å². The minimum absolute atomic E-state index is 0.127. The van der Waals surface area contributed by atoms with Crippen LogP contribution in [0.15, 0.2) is 53.3 Å². The highest BCUT2D eigenvalue weighted by molar-refractivity contribution is 5.87. The SMILES string of the molecule is CCn1c(COCc2ccccc2)nn(-c2cc3c(C(C)C)cc(N4CCCC[C@@H]4C)nc3cc2F)c1=O. The van der Waals surface area contributed by atoms with Crippen LogP contribution >= 0.6 is 0 Å². The van der Waals surface area contributed by atoms with Gasteiger partial charge in [0.15, 0.2) is 11.6 Å². The van der Waals surface area contributed by atoms with Crippen LogP contribution in [-0.4, -0.2) is 31.9 Å². The zero-order valence-corrected chi connectivity index (χ0v) is 22.7. The summed E-state index contributed by atoms with van der Waals surface area (Å²) in [4.78, 5) is 20.5. The van der Waals surface area contributed by atoms with E-state index in [-0.39, 0.29) is 23.9 Å². The van der Waals surface area contributed by atoms with Gasteiger partial charge >= 0.3 is 5.69 Å². The highest BCUT2D eigenvalue weighted by Crippen LogP contribution is 2.33. The fraction of sp³-hybridized carbons (Fsp3) is 0.433. The van der Waals surface area contributed by atoms with Crippen molar-refractivity contribution in [2.24, 2.45) is 0 Å². The molecule has 2 aromatic carbocycles. The van der Waals surface area contributed by atoms with E-state index in [1.54, 1.807) is 6.07 Å². The molecule has 4 aromatic rings. The fourth-order valence-corrected chi connectivity index (χ4v) is 5.33. The van der Waals surface area contributed by atoms with Crippen LogP contribution in [0.5, 0.6) is 0 Å². The summed E-state index contributed by atoms with van der Waals surface area (Å²) in [5.41, 5.74) is 2.45.